The van der Waals surface area contributed by atoms with E-state index in [0.29, 0.717) is 18.6 Å². The summed E-state index contributed by atoms with van der Waals surface area (Å²) in [5.41, 5.74) is -0.608. The van der Waals surface area contributed by atoms with Crippen molar-refractivity contribution in [3.8, 4) is 0 Å². The molecule has 0 aliphatic carbocycles. The Kier molecular flexibility index (Phi) is 3.71. The van der Waals surface area contributed by atoms with E-state index in [-0.39, 0.29) is 0 Å². The molecular formula is C10H21NO2. The molecule has 13 heavy (non-hydrogen) atoms. The second kappa shape index (κ2) is 4.40. The lowest BCUT2D eigenvalue weighted by Crippen LogP contribution is -2.38. The minimum atomic E-state index is -0.608. The molecule has 0 spiro atoms. The number of rotatable bonds is 4. The van der Waals surface area contributed by atoms with Crippen LogP contribution < -0.4 is 5.32 Å². The monoisotopic (exact) mass is 187 g/mol. The van der Waals surface area contributed by atoms with Gasteiger partial charge in [0.15, 0.2) is 0 Å². The first kappa shape index (κ1) is 11.0. The molecule has 0 saturated carbocycles. The van der Waals surface area contributed by atoms with Gasteiger partial charge in [-0.3, -0.25) is 0 Å². The molecule has 1 saturated heterocycles. The number of hydrogen-bond acceptors (Lipinski definition) is 3. The minimum Gasteiger partial charge on any atom is -0.389 e. The molecule has 0 bridgehead atoms. The molecule has 0 aromatic rings. The van der Waals surface area contributed by atoms with Gasteiger partial charge in [-0.25, -0.2) is 0 Å². The predicted molar refractivity (Wildman–Crippen MR) is 52.7 cm³/mol. The van der Waals surface area contributed by atoms with E-state index in [1.807, 2.05) is 13.8 Å². The van der Waals surface area contributed by atoms with Crippen LogP contribution in [0.15, 0.2) is 0 Å². The number of hydrogen-bond donors (Lipinski definition) is 2. The predicted octanol–water partition coefficient (Wildman–Crippen LogP) is 0.772. The quantitative estimate of drug-likeness (QED) is 0.683. The van der Waals surface area contributed by atoms with E-state index in [1.165, 1.54) is 0 Å². The first-order chi connectivity index (χ1) is 5.99. The van der Waals surface area contributed by atoms with Gasteiger partial charge < -0.3 is 15.2 Å². The van der Waals surface area contributed by atoms with E-state index in [0.717, 1.165) is 19.6 Å². The van der Waals surface area contributed by atoms with Crippen LogP contribution in [0, 0.1) is 5.92 Å². The highest BCUT2D eigenvalue weighted by atomic mass is 16.5. The maximum Gasteiger partial charge on any atom is 0.0715 e. The lowest BCUT2D eigenvalue weighted by Gasteiger charge is -2.20. The van der Waals surface area contributed by atoms with Crippen molar-refractivity contribution >= 4 is 0 Å². The van der Waals surface area contributed by atoms with Crippen molar-refractivity contribution in [3.05, 3.63) is 0 Å². The van der Waals surface area contributed by atoms with E-state index in [9.17, 15) is 5.11 Å². The molecule has 1 rings (SSSR count). The van der Waals surface area contributed by atoms with Gasteiger partial charge in [0.25, 0.3) is 0 Å². The maximum absolute atomic E-state index is 9.46. The third-order valence-electron chi connectivity index (χ3n) is 2.50. The molecule has 1 heterocycles. The highest BCUT2D eigenvalue weighted by Gasteiger charge is 2.24. The van der Waals surface area contributed by atoms with E-state index in [2.05, 4.69) is 12.2 Å². The van der Waals surface area contributed by atoms with Crippen molar-refractivity contribution in [2.24, 2.45) is 5.92 Å². The van der Waals surface area contributed by atoms with Crippen molar-refractivity contribution in [2.75, 3.05) is 19.7 Å². The fourth-order valence-electron chi connectivity index (χ4n) is 1.61. The normalized spacial score (nSPS) is 29.5. The Morgan fingerprint density at radius 1 is 1.54 bits per heavy atom. The zero-order valence-corrected chi connectivity index (χ0v) is 8.84. The summed E-state index contributed by atoms with van der Waals surface area (Å²) in [5, 5.41) is 12.7. The Morgan fingerprint density at radius 3 is 2.69 bits per heavy atom. The van der Waals surface area contributed by atoms with Gasteiger partial charge >= 0.3 is 0 Å². The summed E-state index contributed by atoms with van der Waals surface area (Å²) in [7, 11) is 0. The molecule has 0 radical (unpaired) electrons. The molecule has 2 N–H and O–H groups in total. The average Bonchev–Trinajstić information content (AvgIpc) is 2.34. The van der Waals surface area contributed by atoms with Gasteiger partial charge in [-0.05, 0) is 33.1 Å². The van der Waals surface area contributed by atoms with Crippen molar-refractivity contribution in [3.63, 3.8) is 0 Å². The van der Waals surface area contributed by atoms with Gasteiger partial charge in [0.2, 0.25) is 0 Å². The second-order valence-electron chi connectivity index (χ2n) is 4.57. The summed E-state index contributed by atoms with van der Waals surface area (Å²) in [5.74, 6) is 0.613. The fourth-order valence-corrected chi connectivity index (χ4v) is 1.61. The number of aliphatic hydroxyl groups is 1. The van der Waals surface area contributed by atoms with Crippen LogP contribution in [0.2, 0.25) is 0 Å². The zero-order chi connectivity index (χ0) is 9.90. The molecule has 3 nitrogen and oxygen atoms in total. The summed E-state index contributed by atoms with van der Waals surface area (Å²) in [6.07, 6.45) is 1.51. The van der Waals surface area contributed by atoms with Gasteiger partial charge in [-0.1, -0.05) is 0 Å². The standard InChI is InChI=1S/C10H21NO2/c1-8-9(4-5-13-8)6-11-7-10(2,3)12/h8-9,11-12H,4-7H2,1-3H3. The smallest absolute Gasteiger partial charge is 0.0715 e. The fraction of sp³-hybridized carbons (Fsp3) is 1.00. The summed E-state index contributed by atoms with van der Waals surface area (Å²) < 4.78 is 5.45. The van der Waals surface area contributed by atoms with Crippen LogP contribution in [-0.4, -0.2) is 36.5 Å². The van der Waals surface area contributed by atoms with Gasteiger partial charge in [0.05, 0.1) is 11.7 Å². The van der Waals surface area contributed by atoms with Crippen LogP contribution in [0.4, 0.5) is 0 Å². The van der Waals surface area contributed by atoms with Crippen molar-refractivity contribution < 1.29 is 9.84 Å². The van der Waals surface area contributed by atoms with Crippen LogP contribution in [0.5, 0.6) is 0 Å². The minimum absolute atomic E-state index is 0.370. The lowest BCUT2D eigenvalue weighted by molar-refractivity contribution is 0.0742. The number of nitrogens with one attached hydrogen (secondary N) is 1. The van der Waals surface area contributed by atoms with Gasteiger partial charge in [-0.15, -0.1) is 0 Å². The third-order valence-corrected chi connectivity index (χ3v) is 2.50. The second-order valence-corrected chi connectivity index (χ2v) is 4.57. The Morgan fingerprint density at radius 2 is 2.23 bits per heavy atom. The molecule has 1 aliphatic rings. The van der Waals surface area contributed by atoms with Crippen molar-refractivity contribution in [2.45, 2.75) is 38.9 Å². The van der Waals surface area contributed by atoms with E-state index in [1.54, 1.807) is 0 Å². The van der Waals surface area contributed by atoms with Crippen molar-refractivity contribution in [1.82, 2.24) is 5.32 Å². The largest absolute Gasteiger partial charge is 0.389 e. The first-order valence-electron chi connectivity index (χ1n) is 5.04. The van der Waals surface area contributed by atoms with E-state index < -0.39 is 5.60 Å². The molecule has 1 aliphatic heterocycles. The Bertz CT molecular complexity index is 153. The summed E-state index contributed by atoms with van der Waals surface area (Å²) in [6, 6.07) is 0. The van der Waals surface area contributed by atoms with Crippen LogP contribution >= 0.6 is 0 Å². The van der Waals surface area contributed by atoms with Crippen molar-refractivity contribution in [1.29, 1.82) is 0 Å². The van der Waals surface area contributed by atoms with E-state index >= 15 is 0 Å². The van der Waals surface area contributed by atoms with Gasteiger partial charge in [-0.2, -0.15) is 0 Å². The van der Waals surface area contributed by atoms with Gasteiger partial charge in [0.1, 0.15) is 0 Å². The molecule has 3 heteroatoms. The highest BCUT2D eigenvalue weighted by Crippen LogP contribution is 2.19. The average molecular weight is 187 g/mol. The third kappa shape index (κ3) is 4.07. The van der Waals surface area contributed by atoms with Gasteiger partial charge in [0, 0.05) is 19.7 Å². The summed E-state index contributed by atoms with van der Waals surface area (Å²) in [4.78, 5) is 0. The Hall–Kier alpha value is -0.120. The van der Waals surface area contributed by atoms with Crippen LogP contribution in [0.1, 0.15) is 27.2 Å². The molecule has 2 unspecified atom stereocenters. The number of ether oxygens (including phenoxy) is 1. The topological polar surface area (TPSA) is 41.5 Å². The summed E-state index contributed by atoms with van der Waals surface area (Å²) >= 11 is 0. The highest BCUT2D eigenvalue weighted by molar-refractivity contribution is 4.76. The van der Waals surface area contributed by atoms with E-state index in [4.69, 9.17) is 4.74 Å². The van der Waals surface area contributed by atoms with Crippen LogP contribution in [-0.2, 0) is 4.74 Å². The van der Waals surface area contributed by atoms with Crippen LogP contribution in [0.3, 0.4) is 0 Å². The SMILES string of the molecule is CC1OCCC1CNCC(C)(C)O. The molecule has 0 aromatic carbocycles. The lowest BCUT2D eigenvalue weighted by atomic mass is 10.0. The zero-order valence-electron chi connectivity index (χ0n) is 8.84. The first-order valence-corrected chi connectivity index (χ1v) is 5.04. The van der Waals surface area contributed by atoms with Crippen LogP contribution in [0.25, 0.3) is 0 Å². The molecule has 0 aromatic heterocycles. The Labute approximate surface area is 80.5 Å². The molecule has 78 valence electrons. The molecule has 0 amide bonds. The molecule has 2 atom stereocenters. The molecular weight excluding hydrogens is 166 g/mol. The maximum atomic E-state index is 9.46. The molecule has 1 fully saturated rings. The Balaban J connectivity index is 2.12. The summed E-state index contributed by atoms with van der Waals surface area (Å²) in [6.45, 7) is 8.23.